The van der Waals surface area contributed by atoms with Gasteiger partial charge in [0.05, 0.1) is 17.2 Å². The van der Waals surface area contributed by atoms with E-state index in [2.05, 4.69) is 5.32 Å². The number of halogens is 1. The van der Waals surface area contributed by atoms with Crippen LogP contribution in [0.5, 0.6) is 0 Å². The molecule has 3 aromatic rings. The third-order valence-electron chi connectivity index (χ3n) is 4.10. The normalized spacial score (nSPS) is 10.8. The summed E-state index contributed by atoms with van der Waals surface area (Å²) in [6.45, 7) is 4.45. The number of thiophene rings is 1. The number of amides is 1. The van der Waals surface area contributed by atoms with Crippen molar-refractivity contribution in [2.75, 3.05) is 11.9 Å². The maximum atomic E-state index is 12.6. The first-order valence-corrected chi connectivity index (χ1v) is 9.96. The number of aryl methyl sites for hydroxylation is 1. The molecule has 6 heteroatoms. The van der Waals surface area contributed by atoms with Crippen LogP contribution in [-0.4, -0.2) is 18.5 Å². The Morgan fingerprint density at radius 2 is 1.89 bits per heavy atom. The summed E-state index contributed by atoms with van der Waals surface area (Å²) in [5.41, 5.74) is 2.17. The fraction of sp³-hybridized carbons (Fsp3) is 0.238. The van der Waals surface area contributed by atoms with Gasteiger partial charge >= 0.3 is 5.97 Å². The van der Waals surface area contributed by atoms with Gasteiger partial charge in [0.15, 0.2) is 0 Å². The van der Waals surface area contributed by atoms with Crippen LogP contribution in [0.25, 0.3) is 10.1 Å². The van der Waals surface area contributed by atoms with Crippen molar-refractivity contribution < 1.29 is 14.3 Å². The van der Waals surface area contributed by atoms with Crippen LogP contribution in [0.15, 0.2) is 42.5 Å². The van der Waals surface area contributed by atoms with E-state index in [0.29, 0.717) is 27.8 Å². The van der Waals surface area contributed by atoms with E-state index >= 15 is 0 Å². The summed E-state index contributed by atoms with van der Waals surface area (Å²) in [7, 11) is 0. The van der Waals surface area contributed by atoms with Gasteiger partial charge in [-0.3, -0.25) is 4.79 Å². The Balaban J connectivity index is 1.71. The molecule has 0 bridgehead atoms. The first kappa shape index (κ1) is 19.4. The molecule has 4 nitrogen and oxygen atoms in total. The zero-order valence-electron chi connectivity index (χ0n) is 15.2. The van der Waals surface area contributed by atoms with Crippen molar-refractivity contribution in [3.05, 3.63) is 63.5 Å². The van der Waals surface area contributed by atoms with Crippen molar-refractivity contribution in [3.8, 4) is 0 Å². The highest BCUT2D eigenvalue weighted by Gasteiger charge is 2.17. The Hall–Kier alpha value is -2.37. The molecule has 0 aliphatic carbocycles. The maximum absolute atomic E-state index is 12.6. The molecule has 0 atom stereocenters. The number of fused-ring (bicyclic) bond motifs is 1. The number of hydrogen-bond donors (Lipinski definition) is 1. The Labute approximate surface area is 167 Å². The second-order valence-corrected chi connectivity index (χ2v) is 7.70. The first-order chi connectivity index (χ1) is 13.0. The lowest BCUT2D eigenvalue weighted by Crippen LogP contribution is -2.11. The summed E-state index contributed by atoms with van der Waals surface area (Å²) in [4.78, 5) is 25.0. The van der Waals surface area contributed by atoms with Gasteiger partial charge in [0.1, 0.15) is 4.88 Å². The Morgan fingerprint density at radius 1 is 1.15 bits per heavy atom. The Morgan fingerprint density at radius 3 is 2.59 bits per heavy atom. The molecule has 1 N–H and O–H groups in total. The summed E-state index contributed by atoms with van der Waals surface area (Å²) in [5.74, 6) is -0.624. The number of ether oxygens (including phenoxy) is 1. The molecular weight excluding hydrogens is 382 g/mol. The fourth-order valence-electron chi connectivity index (χ4n) is 2.59. The largest absolute Gasteiger partial charge is 0.462 e. The lowest BCUT2D eigenvalue weighted by molar-refractivity contribution is 0.0499. The third-order valence-corrected chi connectivity index (χ3v) is 5.76. The monoisotopic (exact) mass is 401 g/mol. The number of rotatable bonds is 6. The molecule has 1 amide bonds. The molecule has 0 saturated heterocycles. The number of carbonyl (C=O) groups excluding carboxylic acids is 2. The molecule has 1 aromatic heterocycles. The van der Waals surface area contributed by atoms with Crippen LogP contribution in [0.1, 0.15) is 45.4 Å². The molecule has 0 aliphatic rings. The highest BCUT2D eigenvalue weighted by Crippen LogP contribution is 2.36. The second-order valence-electron chi connectivity index (χ2n) is 6.27. The minimum absolute atomic E-state index is 0.267. The lowest BCUT2D eigenvalue weighted by Gasteiger charge is -2.06. The summed E-state index contributed by atoms with van der Waals surface area (Å²) in [6, 6.07) is 12.6. The Kier molecular flexibility index (Phi) is 6.14. The van der Waals surface area contributed by atoms with Crippen molar-refractivity contribution in [1.29, 1.82) is 0 Å². The van der Waals surface area contributed by atoms with E-state index in [1.807, 2.05) is 32.0 Å². The van der Waals surface area contributed by atoms with Crippen LogP contribution in [-0.2, 0) is 4.74 Å². The number of anilines is 1. The number of unbranched alkanes of at least 4 members (excludes halogenated alkanes) is 1. The minimum Gasteiger partial charge on any atom is -0.462 e. The fourth-order valence-corrected chi connectivity index (χ4v) is 4.10. The van der Waals surface area contributed by atoms with E-state index in [1.54, 1.807) is 24.3 Å². The number of benzene rings is 2. The van der Waals surface area contributed by atoms with E-state index < -0.39 is 0 Å². The highest BCUT2D eigenvalue weighted by atomic mass is 35.5. The standard InChI is InChI=1S/C21H20ClNO3S/c1-3-4-11-26-21(25)14-6-8-15(9-7-14)23-20(24)19-18(22)16-10-5-13(2)12-17(16)27-19/h5-10,12H,3-4,11H2,1-2H3,(H,23,24). The first-order valence-electron chi connectivity index (χ1n) is 8.76. The van der Waals surface area contributed by atoms with E-state index in [9.17, 15) is 9.59 Å². The van der Waals surface area contributed by atoms with Gasteiger partial charge in [-0.2, -0.15) is 0 Å². The second kappa shape index (κ2) is 8.55. The molecule has 27 heavy (non-hydrogen) atoms. The molecule has 1 heterocycles. The van der Waals surface area contributed by atoms with Crippen molar-refractivity contribution in [3.63, 3.8) is 0 Å². The zero-order valence-corrected chi connectivity index (χ0v) is 16.7. The van der Waals surface area contributed by atoms with Crippen LogP contribution in [0.3, 0.4) is 0 Å². The smallest absolute Gasteiger partial charge is 0.338 e. The average Bonchev–Trinajstić information content (AvgIpc) is 2.98. The lowest BCUT2D eigenvalue weighted by atomic mass is 10.2. The molecule has 2 aromatic carbocycles. The van der Waals surface area contributed by atoms with E-state index in [-0.39, 0.29) is 11.9 Å². The minimum atomic E-state index is -0.357. The molecule has 0 radical (unpaired) electrons. The van der Waals surface area contributed by atoms with Crippen LogP contribution < -0.4 is 5.32 Å². The van der Waals surface area contributed by atoms with Gasteiger partial charge in [-0.1, -0.05) is 37.1 Å². The molecule has 140 valence electrons. The quantitative estimate of drug-likeness (QED) is 0.402. The van der Waals surface area contributed by atoms with Crippen LogP contribution in [0.2, 0.25) is 5.02 Å². The van der Waals surface area contributed by atoms with Crippen molar-refractivity contribution in [2.45, 2.75) is 26.7 Å². The van der Waals surface area contributed by atoms with E-state index in [4.69, 9.17) is 16.3 Å². The average molecular weight is 402 g/mol. The zero-order chi connectivity index (χ0) is 19.4. The molecular formula is C21H20ClNO3S. The summed E-state index contributed by atoms with van der Waals surface area (Å²) in [6.07, 6.45) is 1.81. The van der Waals surface area contributed by atoms with Gasteiger partial charge < -0.3 is 10.1 Å². The van der Waals surface area contributed by atoms with Gasteiger partial charge in [-0.05, 0) is 49.2 Å². The van der Waals surface area contributed by atoms with Gasteiger partial charge in [-0.25, -0.2) is 4.79 Å². The molecule has 0 unspecified atom stereocenters. The SMILES string of the molecule is CCCCOC(=O)c1ccc(NC(=O)c2sc3cc(C)ccc3c2Cl)cc1. The molecule has 3 rings (SSSR count). The van der Waals surface area contributed by atoms with Crippen molar-refractivity contribution >= 4 is 50.6 Å². The van der Waals surface area contributed by atoms with Crippen LogP contribution in [0.4, 0.5) is 5.69 Å². The third kappa shape index (κ3) is 4.49. The van der Waals surface area contributed by atoms with Crippen molar-refractivity contribution in [1.82, 2.24) is 0 Å². The molecule has 0 spiro atoms. The van der Waals surface area contributed by atoms with Crippen molar-refractivity contribution in [2.24, 2.45) is 0 Å². The van der Waals surface area contributed by atoms with Crippen LogP contribution >= 0.6 is 22.9 Å². The maximum Gasteiger partial charge on any atom is 0.338 e. The van der Waals surface area contributed by atoms with Gasteiger partial charge in [0.25, 0.3) is 5.91 Å². The van der Waals surface area contributed by atoms with Gasteiger partial charge in [-0.15, -0.1) is 11.3 Å². The number of carbonyl (C=O) groups is 2. The molecule has 0 fully saturated rings. The van der Waals surface area contributed by atoms with E-state index in [0.717, 1.165) is 28.5 Å². The summed E-state index contributed by atoms with van der Waals surface area (Å²) < 4.78 is 6.16. The molecule has 0 aliphatic heterocycles. The van der Waals surface area contributed by atoms with Crippen LogP contribution in [0, 0.1) is 6.92 Å². The number of nitrogens with one attached hydrogen (secondary N) is 1. The summed E-state index contributed by atoms with van der Waals surface area (Å²) in [5, 5.41) is 4.17. The topological polar surface area (TPSA) is 55.4 Å². The van der Waals surface area contributed by atoms with E-state index in [1.165, 1.54) is 11.3 Å². The Bertz CT molecular complexity index is 979. The number of hydrogen-bond acceptors (Lipinski definition) is 4. The predicted molar refractivity (Wildman–Crippen MR) is 111 cm³/mol. The van der Waals surface area contributed by atoms with Gasteiger partial charge in [0, 0.05) is 15.8 Å². The molecule has 0 saturated carbocycles. The number of esters is 1. The van der Waals surface area contributed by atoms with Gasteiger partial charge in [0.2, 0.25) is 0 Å². The highest BCUT2D eigenvalue weighted by molar-refractivity contribution is 7.21. The predicted octanol–water partition coefficient (Wildman–Crippen LogP) is 6.07. The summed E-state index contributed by atoms with van der Waals surface area (Å²) >= 11 is 7.75.